The summed E-state index contributed by atoms with van der Waals surface area (Å²) in [5.41, 5.74) is -0.345. The number of nitrogens with one attached hydrogen (secondary N) is 2. The van der Waals surface area contributed by atoms with Crippen LogP contribution in [0.1, 0.15) is 34.1 Å². The van der Waals surface area contributed by atoms with E-state index in [0.717, 1.165) is 19.5 Å². The Hall–Kier alpha value is -1.10. The van der Waals surface area contributed by atoms with Gasteiger partial charge in [0.2, 0.25) is 11.8 Å². The maximum atomic E-state index is 12.8. The van der Waals surface area contributed by atoms with Gasteiger partial charge in [-0.2, -0.15) is 0 Å². The third-order valence-corrected chi connectivity index (χ3v) is 4.10. The van der Waals surface area contributed by atoms with Crippen molar-refractivity contribution in [3.05, 3.63) is 0 Å². The average molecular weight is 269 g/mol. The van der Waals surface area contributed by atoms with E-state index in [2.05, 4.69) is 24.5 Å². The normalized spacial score (nSPS) is 22.6. The maximum absolute atomic E-state index is 12.8. The highest BCUT2D eigenvalue weighted by Crippen LogP contribution is 2.36. The van der Waals surface area contributed by atoms with Crippen molar-refractivity contribution >= 4 is 11.8 Å². The summed E-state index contributed by atoms with van der Waals surface area (Å²) < 4.78 is 0. The summed E-state index contributed by atoms with van der Waals surface area (Å²) in [6.45, 7) is 10.9. The molecule has 110 valence electrons. The standard InChI is InChI=1S/C14H27N3O2/c1-5-16-12(18)9-17(6-2)13(19)14(11(3)4)7-8-15-10-14/h11,15H,5-10H2,1-4H3,(H,16,18). The van der Waals surface area contributed by atoms with Gasteiger partial charge in [0, 0.05) is 19.6 Å². The Morgan fingerprint density at radius 1 is 1.37 bits per heavy atom. The lowest BCUT2D eigenvalue weighted by atomic mass is 9.75. The van der Waals surface area contributed by atoms with Crippen molar-refractivity contribution in [3.63, 3.8) is 0 Å². The van der Waals surface area contributed by atoms with E-state index < -0.39 is 0 Å². The Bertz CT molecular complexity index is 323. The van der Waals surface area contributed by atoms with Gasteiger partial charge >= 0.3 is 0 Å². The van der Waals surface area contributed by atoms with Crippen LogP contribution < -0.4 is 10.6 Å². The van der Waals surface area contributed by atoms with Gasteiger partial charge in [0.25, 0.3) is 0 Å². The molecule has 2 N–H and O–H groups in total. The molecule has 1 atom stereocenters. The Labute approximate surface area is 116 Å². The van der Waals surface area contributed by atoms with Gasteiger partial charge in [-0.25, -0.2) is 0 Å². The molecule has 19 heavy (non-hydrogen) atoms. The van der Waals surface area contributed by atoms with Crippen molar-refractivity contribution in [2.75, 3.05) is 32.7 Å². The molecule has 0 aliphatic carbocycles. The second kappa shape index (κ2) is 6.89. The van der Waals surface area contributed by atoms with E-state index in [1.54, 1.807) is 4.90 Å². The molecule has 0 aromatic carbocycles. The molecule has 0 spiro atoms. The van der Waals surface area contributed by atoms with Crippen LogP contribution in [0.15, 0.2) is 0 Å². The molecule has 2 amide bonds. The number of nitrogens with zero attached hydrogens (tertiary/aromatic N) is 1. The van der Waals surface area contributed by atoms with Crippen LogP contribution in [0, 0.1) is 11.3 Å². The topological polar surface area (TPSA) is 61.4 Å². The third-order valence-electron chi connectivity index (χ3n) is 4.10. The Balaban J connectivity index is 2.79. The van der Waals surface area contributed by atoms with Crippen molar-refractivity contribution in [3.8, 4) is 0 Å². The van der Waals surface area contributed by atoms with Crippen LogP contribution >= 0.6 is 0 Å². The first kappa shape index (κ1) is 16.0. The highest BCUT2D eigenvalue weighted by atomic mass is 16.2. The number of carbonyl (C=O) groups excluding carboxylic acids is 2. The molecule has 5 nitrogen and oxygen atoms in total. The van der Waals surface area contributed by atoms with Gasteiger partial charge in [-0.3, -0.25) is 9.59 Å². The van der Waals surface area contributed by atoms with Crippen LogP contribution in [0.5, 0.6) is 0 Å². The Morgan fingerprint density at radius 2 is 2.05 bits per heavy atom. The molecule has 1 rings (SSSR count). The molecule has 5 heteroatoms. The number of likely N-dealkylation sites (N-methyl/N-ethyl adjacent to an activating group) is 2. The molecule has 1 fully saturated rings. The van der Waals surface area contributed by atoms with E-state index in [1.165, 1.54) is 0 Å². The number of hydrogen-bond donors (Lipinski definition) is 2. The molecule has 1 aliphatic rings. The van der Waals surface area contributed by atoms with Gasteiger partial charge in [-0.1, -0.05) is 13.8 Å². The first-order chi connectivity index (χ1) is 8.97. The van der Waals surface area contributed by atoms with Gasteiger partial charge in [0.15, 0.2) is 0 Å². The minimum absolute atomic E-state index is 0.0810. The second-order valence-corrected chi connectivity index (χ2v) is 5.51. The molecule has 0 aromatic heterocycles. The summed E-state index contributed by atoms with van der Waals surface area (Å²) in [6.07, 6.45) is 0.857. The zero-order valence-corrected chi connectivity index (χ0v) is 12.6. The third kappa shape index (κ3) is 3.47. The largest absolute Gasteiger partial charge is 0.355 e. The van der Waals surface area contributed by atoms with Crippen LogP contribution in [0.4, 0.5) is 0 Å². The number of carbonyl (C=O) groups is 2. The fourth-order valence-corrected chi connectivity index (χ4v) is 2.70. The predicted molar refractivity (Wildman–Crippen MR) is 75.7 cm³/mol. The van der Waals surface area contributed by atoms with Crippen molar-refractivity contribution in [2.24, 2.45) is 11.3 Å². The van der Waals surface area contributed by atoms with Gasteiger partial charge in [-0.05, 0) is 32.7 Å². The van der Waals surface area contributed by atoms with E-state index in [1.807, 2.05) is 13.8 Å². The van der Waals surface area contributed by atoms with E-state index in [9.17, 15) is 9.59 Å². The van der Waals surface area contributed by atoms with E-state index >= 15 is 0 Å². The minimum Gasteiger partial charge on any atom is -0.355 e. The quantitative estimate of drug-likeness (QED) is 0.742. The fraction of sp³-hybridized carbons (Fsp3) is 0.857. The zero-order chi connectivity index (χ0) is 14.5. The van der Waals surface area contributed by atoms with E-state index in [0.29, 0.717) is 13.1 Å². The molecule has 1 heterocycles. The molecule has 0 aromatic rings. The zero-order valence-electron chi connectivity index (χ0n) is 12.6. The van der Waals surface area contributed by atoms with Crippen molar-refractivity contribution in [2.45, 2.75) is 34.1 Å². The number of hydrogen-bond acceptors (Lipinski definition) is 3. The molecule has 1 unspecified atom stereocenters. The van der Waals surface area contributed by atoms with Gasteiger partial charge < -0.3 is 15.5 Å². The lowest BCUT2D eigenvalue weighted by Crippen LogP contribution is -2.51. The number of amides is 2. The molecule has 0 radical (unpaired) electrons. The van der Waals surface area contributed by atoms with Gasteiger partial charge in [0.1, 0.15) is 0 Å². The number of rotatable bonds is 6. The summed E-state index contributed by atoms with van der Waals surface area (Å²) in [4.78, 5) is 26.1. The Kier molecular flexibility index (Phi) is 5.79. The van der Waals surface area contributed by atoms with E-state index in [4.69, 9.17) is 0 Å². The Morgan fingerprint density at radius 3 is 2.47 bits per heavy atom. The van der Waals surface area contributed by atoms with Crippen LogP contribution in [0.25, 0.3) is 0 Å². The van der Waals surface area contributed by atoms with Crippen molar-refractivity contribution in [1.29, 1.82) is 0 Å². The highest BCUT2D eigenvalue weighted by Gasteiger charge is 2.45. The second-order valence-electron chi connectivity index (χ2n) is 5.51. The van der Waals surface area contributed by atoms with Crippen LogP contribution in [-0.4, -0.2) is 49.4 Å². The predicted octanol–water partition coefficient (Wildman–Crippen LogP) is 0.607. The first-order valence-corrected chi connectivity index (χ1v) is 7.24. The summed E-state index contributed by atoms with van der Waals surface area (Å²) in [6, 6.07) is 0. The SMILES string of the molecule is CCNC(=O)CN(CC)C(=O)C1(C(C)C)CCNC1. The summed E-state index contributed by atoms with van der Waals surface area (Å²) in [7, 11) is 0. The van der Waals surface area contributed by atoms with Gasteiger partial charge in [-0.15, -0.1) is 0 Å². The smallest absolute Gasteiger partial charge is 0.239 e. The average Bonchev–Trinajstić information content (AvgIpc) is 2.86. The van der Waals surface area contributed by atoms with Crippen molar-refractivity contribution in [1.82, 2.24) is 15.5 Å². The maximum Gasteiger partial charge on any atom is 0.239 e. The molecule has 1 saturated heterocycles. The minimum atomic E-state index is -0.345. The molecule has 1 aliphatic heterocycles. The van der Waals surface area contributed by atoms with Crippen molar-refractivity contribution < 1.29 is 9.59 Å². The molecular weight excluding hydrogens is 242 g/mol. The van der Waals surface area contributed by atoms with E-state index in [-0.39, 0.29) is 29.7 Å². The molecular formula is C14H27N3O2. The fourth-order valence-electron chi connectivity index (χ4n) is 2.70. The van der Waals surface area contributed by atoms with Crippen LogP contribution in [-0.2, 0) is 9.59 Å². The van der Waals surface area contributed by atoms with Crippen LogP contribution in [0.2, 0.25) is 0 Å². The summed E-state index contributed by atoms with van der Waals surface area (Å²) >= 11 is 0. The summed E-state index contributed by atoms with van der Waals surface area (Å²) in [5, 5.41) is 6.03. The molecule has 0 bridgehead atoms. The first-order valence-electron chi connectivity index (χ1n) is 7.24. The highest BCUT2D eigenvalue weighted by molar-refractivity contribution is 5.88. The molecule has 0 saturated carbocycles. The summed E-state index contributed by atoms with van der Waals surface area (Å²) in [5.74, 6) is 0.308. The lowest BCUT2D eigenvalue weighted by molar-refractivity contribution is -0.146. The monoisotopic (exact) mass is 269 g/mol. The van der Waals surface area contributed by atoms with Crippen LogP contribution in [0.3, 0.4) is 0 Å². The van der Waals surface area contributed by atoms with Gasteiger partial charge in [0.05, 0.1) is 12.0 Å². The lowest BCUT2D eigenvalue weighted by Gasteiger charge is -2.36.